The number of hydrogen-bond acceptors (Lipinski definition) is 5. The Morgan fingerprint density at radius 2 is 0.881 bits per heavy atom. The molecular formula is C53H95NO5. The highest BCUT2D eigenvalue weighted by Gasteiger charge is 2.23. The third-order valence-electron chi connectivity index (χ3n) is 11.1. The summed E-state index contributed by atoms with van der Waals surface area (Å²) in [6.07, 6.45) is 57.4. The molecule has 0 aromatic heterocycles. The highest BCUT2D eigenvalue weighted by atomic mass is 16.5. The van der Waals surface area contributed by atoms with Crippen LogP contribution in [-0.4, -0.2) is 46.9 Å². The number of carbonyl (C=O) groups is 2. The Morgan fingerprint density at radius 3 is 1.29 bits per heavy atom. The zero-order valence-corrected chi connectivity index (χ0v) is 38.9. The largest absolute Gasteiger partial charge is 0.458 e. The lowest BCUT2D eigenvalue weighted by Gasteiger charge is -2.23. The molecule has 0 heterocycles. The van der Waals surface area contributed by atoms with Gasteiger partial charge in [0.15, 0.2) is 0 Å². The number of amides is 1. The van der Waals surface area contributed by atoms with Crippen molar-refractivity contribution in [2.75, 3.05) is 6.61 Å². The summed E-state index contributed by atoms with van der Waals surface area (Å²) >= 11 is 0. The van der Waals surface area contributed by atoms with E-state index in [-0.39, 0.29) is 24.9 Å². The van der Waals surface area contributed by atoms with Gasteiger partial charge in [-0.3, -0.25) is 9.59 Å². The van der Waals surface area contributed by atoms with Crippen molar-refractivity contribution in [3.8, 4) is 0 Å². The molecule has 0 aliphatic heterocycles. The van der Waals surface area contributed by atoms with E-state index in [4.69, 9.17) is 4.74 Å². The van der Waals surface area contributed by atoms with Crippen molar-refractivity contribution < 1.29 is 24.5 Å². The summed E-state index contributed by atoms with van der Waals surface area (Å²) in [5.41, 5.74) is 0. The molecule has 0 saturated carbocycles. The highest BCUT2D eigenvalue weighted by molar-refractivity contribution is 5.78. The lowest BCUT2D eigenvalue weighted by atomic mass is 10.0. The topological polar surface area (TPSA) is 95.9 Å². The molecule has 0 aliphatic rings. The first kappa shape index (κ1) is 56.6. The average molecular weight is 826 g/mol. The molecule has 6 nitrogen and oxygen atoms in total. The Morgan fingerprint density at radius 1 is 0.508 bits per heavy atom. The summed E-state index contributed by atoms with van der Waals surface area (Å²) < 4.78 is 5.80. The van der Waals surface area contributed by atoms with Crippen LogP contribution in [0.25, 0.3) is 0 Å². The van der Waals surface area contributed by atoms with Crippen LogP contribution in [0.1, 0.15) is 239 Å². The van der Waals surface area contributed by atoms with Gasteiger partial charge >= 0.3 is 5.97 Å². The Labute approximate surface area is 365 Å². The summed E-state index contributed by atoms with van der Waals surface area (Å²) in [7, 11) is 0. The minimum atomic E-state index is -0.818. The lowest BCUT2D eigenvalue weighted by molar-refractivity contribution is -0.148. The molecule has 0 aromatic rings. The van der Waals surface area contributed by atoms with E-state index >= 15 is 0 Å². The molecule has 6 heteroatoms. The zero-order valence-electron chi connectivity index (χ0n) is 38.9. The van der Waals surface area contributed by atoms with Gasteiger partial charge in [0.25, 0.3) is 0 Å². The molecule has 0 rings (SSSR count). The van der Waals surface area contributed by atoms with Crippen LogP contribution in [0.5, 0.6) is 0 Å². The molecule has 0 spiro atoms. The van der Waals surface area contributed by atoms with Gasteiger partial charge < -0.3 is 20.3 Å². The van der Waals surface area contributed by atoms with E-state index in [1.165, 1.54) is 128 Å². The molecule has 3 unspecified atom stereocenters. The van der Waals surface area contributed by atoms with Crippen molar-refractivity contribution in [2.45, 2.75) is 257 Å². The average Bonchev–Trinajstić information content (AvgIpc) is 3.23. The van der Waals surface area contributed by atoms with Crippen LogP contribution >= 0.6 is 0 Å². The van der Waals surface area contributed by atoms with E-state index in [2.05, 4.69) is 74.7 Å². The molecule has 0 radical (unpaired) electrons. The van der Waals surface area contributed by atoms with Crippen molar-refractivity contribution >= 4 is 11.9 Å². The molecule has 1 amide bonds. The number of carbonyl (C=O) groups excluding carboxylic acids is 2. The van der Waals surface area contributed by atoms with E-state index < -0.39 is 18.2 Å². The van der Waals surface area contributed by atoms with Crippen LogP contribution < -0.4 is 5.32 Å². The van der Waals surface area contributed by atoms with Gasteiger partial charge in [0.2, 0.25) is 5.91 Å². The number of hydrogen-bond donors (Lipinski definition) is 3. The smallest absolute Gasteiger partial charge is 0.306 e. The van der Waals surface area contributed by atoms with Gasteiger partial charge in [-0.05, 0) is 51.0 Å². The van der Waals surface area contributed by atoms with Gasteiger partial charge in [-0.25, -0.2) is 0 Å². The Hall–Kier alpha value is -2.44. The Balaban J connectivity index is 4.65. The maximum atomic E-state index is 13.1. The highest BCUT2D eigenvalue weighted by Crippen LogP contribution is 2.16. The second-order valence-corrected chi connectivity index (χ2v) is 16.8. The zero-order chi connectivity index (χ0) is 43.1. The number of rotatable bonds is 44. The first-order chi connectivity index (χ1) is 29.0. The predicted octanol–water partition coefficient (Wildman–Crippen LogP) is 14.8. The minimum Gasteiger partial charge on any atom is -0.458 e. The summed E-state index contributed by atoms with van der Waals surface area (Å²) in [6.45, 7) is 6.32. The van der Waals surface area contributed by atoms with Crippen molar-refractivity contribution in [1.29, 1.82) is 0 Å². The van der Waals surface area contributed by atoms with Crippen molar-refractivity contribution in [2.24, 2.45) is 0 Å². The fraction of sp³-hybridized carbons (Fsp3) is 0.774. The van der Waals surface area contributed by atoms with Crippen molar-refractivity contribution in [3.05, 3.63) is 60.8 Å². The quantitative estimate of drug-likeness (QED) is 0.0323. The van der Waals surface area contributed by atoms with Gasteiger partial charge in [-0.2, -0.15) is 0 Å². The van der Waals surface area contributed by atoms with Crippen molar-refractivity contribution in [3.63, 3.8) is 0 Å². The Bertz CT molecular complexity index is 1060. The third-order valence-corrected chi connectivity index (χ3v) is 11.1. The molecule has 0 aromatic carbocycles. The van der Waals surface area contributed by atoms with Crippen LogP contribution in [0, 0.1) is 0 Å². The molecular weight excluding hydrogens is 731 g/mol. The fourth-order valence-electron chi connectivity index (χ4n) is 7.33. The molecule has 0 aliphatic carbocycles. The molecule has 0 bridgehead atoms. The van der Waals surface area contributed by atoms with Crippen LogP contribution in [-0.2, 0) is 14.3 Å². The Kier molecular flexibility index (Phi) is 44.7. The number of allylic oxidation sites excluding steroid dienone is 9. The number of ether oxygens (including phenoxy) is 1. The van der Waals surface area contributed by atoms with E-state index in [0.717, 1.165) is 64.2 Å². The fourth-order valence-corrected chi connectivity index (χ4v) is 7.33. The van der Waals surface area contributed by atoms with E-state index in [1.54, 1.807) is 6.08 Å². The van der Waals surface area contributed by atoms with E-state index in [9.17, 15) is 19.8 Å². The lowest BCUT2D eigenvalue weighted by Crippen LogP contribution is -2.46. The standard InChI is InChI=1S/C53H95NO5/c1-4-7-10-13-16-19-22-24-26-27-29-31-33-36-39-42-45-51(56)50(48-55)54-52(57)47-49(59-53(58)46-43-40-37-34-21-18-15-12-9-6-3)44-41-38-35-32-30-28-25-23-20-17-14-11-8-5-2/h8,11,17,20,25,28,32,35,41,44,49-51,55-56H,4-7,9-10,12-16,18-19,21-24,26-27,29-31,33-34,36-40,42-43,45-48H2,1-3H3,(H,54,57)/b11-8+,20-17+,28-25+,35-32+,44-41+. The SMILES string of the molecule is CC/C=C/C/C=C/C/C=C/C/C=C/C/C=C/C(CC(=O)NC(CO)C(O)CCCCCCCCCCCCCCCCCC)OC(=O)CCCCCCCCCCCC. The number of aliphatic hydroxyl groups is 2. The number of nitrogens with one attached hydrogen (secondary N) is 1. The summed E-state index contributed by atoms with van der Waals surface area (Å²) in [4.78, 5) is 26.0. The molecule has 3 N–H and O–H groups in total. The summed E-state index contributed by atoms with van der Waals surface area (Å²) in [5, 5.41) is 23.7. The molecule has 0 fully saturated rings. The van der Waals surface area contributed by atoms with Crippen LogP contribution in [0.2, 0.25) is 0 Å². The molecule has 0 saturated heterocycles. The van der Waals surface area contributed by atoms with Crippen LogP contribution in [0.4, 0.5) is 0 Å². The van der Waals surface area contributed by atoms with Crippen molar-refractivity contribution in [1.82, 2.24) is 5.32 Å². The summed E-state index contributed by atoms with van der Waals surface area (Å²) in [5.74, 6) is -0.627. The second-order valence-electron chi connectivity index (χ2n) is 16.8. The molecule has 342 valence electrons. The monoisotopic (exact) mass is 826 g/mol. The van der Waals surface area contributed by atoms with Gasteiger partial charge in [-0.1, -0.05) is 236 Å². The van der Waals surface area contributed by atoms with E-state index in [0.29, 0.717) is 19.3 Å². The normalized spacial score (nSPS) is 13.8. The second kappa shape index (κ2) is 46.6. The van der Waals surface area contributed by atoms with Crippen LogP contribution in [0.3, 0.4) is 0 Å². The van der Waals surface area contributed by atoms with E-state index in [1.807, 2.05) is 6.08 Å². The van der Waals surface area contributed by atoms with Gasteiger partial charge in [0, 0.05) is 6.42 Å². The van der Waals surface area contributed by atoms with Gasteiger partial charge in [-0.15, -0.1) is 0 Å². The van der Waals surface area contributed by atoms with Gasteiger partial charge in [0.1, 0.15) is 6.10 Å². The summed E-state index contributed by atoms with van der Waals surface area (Å²) in [6, 6.07) is -0.741. The maximum Gasteiger partial charge on any atom is 0.306 e. The number of unbranched alkanes of at least 4 members (excludes halogenated alkanes) is 24. The minimum absolute atomic E-state index is 0.0449. The van der Waals surface area contributed by atoms with Crippen LogP contribution in [0.15, 0.2) is 60.8 Å². The molecule has 3 atom stereocenters. The first-order valence-electron chi connectivity index (χ1n) is 25.0. The maximum absolute atomic E-state index is 13.1. The van der Waals surface area contributed by atoms with Gasteiger partial charge in [0.05, 0.1) is 25.2 Å². The first-order valence-corrected chi connectivity index (χ1v) is 25.0. The number of esters is 1. The third kappa shape index (κ3) is 42.1. The predicted molar refractivity (Wildman–Crippen MR) is 255 cm³/mol. The number of aliphatic hydroxyl groups excluding tert-OH is 2. The molecule has 59 heavy (non-hydrogen) atoms.